The highest BCUT2D eigenvalue weighted by atomic mass is 32.2. The second kappa shape index (κ2) is 8.44. The van der Waals surface area contributed by atoms with Gasteiger partial charge in [0.25, 0.3) is 0 Å². The lowest BCUT2D eigenvalue weighted by Crippen LogP contribution is -2.47. The Balaban J connectivity index is 1.74. The van der Waals surface area contributed by atoms with Gasteiger partial charge in [0.2, 0.25) is 0 Å². The van der Waals surface area contributed by atoms with Gasteiger partial charge in [0, 0.05) is 62.9 Å². The van der Waals surface area contributed by atoms with Crippen LogP contribution < -0.4 is 4.90 Å². The van der Waals surface area contributed by atoms with Crippen molar-refractivity contribution in [2.75, 3.05) is 37.0 Å². The van der Waals surface area contributed by atoms with Crippen molar-refractivity contribution in [1.29, 1.82) is 0 Å². The summed E-state index contributed by atoms with van der Waals surface area (Å²) in [5.74, 6) is 1.01. The van der Waals surface area contributed by atoms with Gasteiger partial charge in [-0.1, -0.05) is 12.1 Å². The molecule has 2 aromatic heterocycles. The number of nitrogens with zero attached hydrogens (tertiary/aromatic N) is 4. The minimum atomic E-state index is -1.82. The van der Waals surface area contributed by atoms with Gasteiger partial charge in [-0.05, 0) is 35.4 Å². The molecule has 1 aromatic carbocycles. The van der Waals surface area contributed by atoms with Crippen LogP contribution in [0.15, 0.2) is 55.0 Å². The van der Waals surface area contributed by atoms with Crippen LogP contribution in [0.5, 0.6) is 0 Å². The summed E-state index contributed by atoms with van der Waals surface area (Å²) in [5, 5.41) is 0. The van der Waals surface area contributed by atoms with Crippen molar-refractivity contribution in [1.82, 2.24) is 14.5 Å². The summed E-state index contributed by atoms with van der Waals surface area (Å²) in [6, 6.07) is 10.5. The van der Waals surface area contributed by atoms with E-state index in [2.05, 4.69) is 20.6 Å². The molecule has 1 saturated heterocycles. The predicted molar refractivity (Wildman–Crippen MR) is 113 cm³/mol. The normalized spacial score (nSPS) is 16.2. The molecule has 0 radical (unpaired) electrons. The van der Waals surface area contributed by atoms with Gasteiger partial charge in [0.05, 0.1) is 0 Å². The van der Waals surface area contributed by atoms with Crippen LogP contribution in [0.25, 0.3) is 22.3 Å². The Morgan fingerprint density at radius 1 is 1.03 bits per heavy atom. The molecule has 1 unspecified atom stereocenters. The number of aryl methyl sites for hydroxylation is 1. The van der Waals surface area contributed by atoms with Crippen LogP contribution in [-0.2, 0) is 18.1 Å². The predicted octanol–water partition coefficient (Wildman–Crippen LogP) is 3.19. The number of anilines is 1. The number of pyridine rings is 1. The Bertz CT molecular complexity index is 1000. The van der Waals surface area contributed by atoms with Gasteiger partial charge in [0.1, 0.15) is 17.5 Å². The van der Waals surface area contributed by atoms with Crippen LogP contribution in [0, 0.1) is 5.82 Å². The summed E-state index contributed by atoms with van der Waals surface area (Å²) < 4.78 is 35.8. The molecule has 0 spiro atoms. The highest BCUT2D eigenvalue weighted by Crippen LogP contribution is 2.41. The number of rotatable bonds is 5. The van der Waals surface area contributed by atoms with Gasteiger partial charge < -0.3 is 14.0 Å². The molecule has 0 aliphatic carbocycles. The maximum Gasteiger partial charge on any atom is 0.167 e. The molecule has 29 heavy (non-hydrogen) atoms. The molecule has 6 nitrogen and oxygen atoms in total. The smallest absolute Gasteiger partial charge is 0.167 e. The van der Waals surface area contributed by atoms with Gasteiger partial charge >= 0.3 is 0 Å². The van der Waals surface area contributed by atoms with Gasteiger partial charge in [-0.25, -0.2) is 8.60 Å². The van der Waals surface area contributed by atoms with Crippen LogP contribution in [0.1, 0.15) is 0 Å². The van der Waals surface area contributed by atoms with E-state index in [0.717, 1.165) is 54.3 Å². The number of aromatic nitrogens is 2. The van der Waals surface area contributed by atoms with Gasteiger partial charge in [-0.2, -0.15) is 0 Å². The van der Waals surface area contributed by atoms with Crippen molar-refractivity contribution in [3.05, 3.63) is 60.8 Å². The number of hydrogen-bond donors (Lipinski definition) is 1. The first kappa shape index (κ1) is 19.8. The third kappa shape index (κ3) is 4.24. The van der Waals surface area contributed by atoms with E-state index in [1.165, 1.54) is 12.1 Å². The fraction of sp³-hybridized carbons (Fsp3) is 0.286. The zero-order valence-corrected chi connectivity index (χ0v) is 17.0. The molecule has 4 rings (SSSR count). The number of piperazine rings is 1. The van der Waals surface area contributed by atoms with E-state index >= 15 is 0 Å². The van der Waals surface area contributed by atoms with Crippen molar-refractivity contribution in [2.45, 2.75) is 0 Å². The molecule has 0 amide bonds. The standard InChI is InChI=1S/C21H23FN4O2S/c1-24-14-19(16-2-4-18(22)5-3-16)20(17-6-8-23-9-7-17)21(24)26-12-10-25(11-13-26)15-29(27)28/h2-9,14H,10-13,15H2,1H3,(H,27,28). The van der Waals surface area contributed by atoms with E-state index in [4.69, 9.17) is 4.55 Å². The van der Waals surface area contributed by atoms with E-state index in [-0.39, 0.29) is 11.7 Å². The largest absolute Gasteiger partial charge is 0.355 e. The van der Waals surface area contributed by atoms with Crippen LogP contribution >= 0.6 is 0 Å². The molecule has 1 N–H and O–H groups in total. The summed E-state index contributed by atoms with van der Waals surface area (Å²) in [6.07, 6.45) is 5.62. The van der Waals surface area contributed by atoms with Crippen LogP contribution in [0.3, 0.4) is 0 Å². The fourth-order valence-electron chi connectivity index (χ4n) is 3.89. The molecule has 3 heterocycles. The van der Waals surface area contributed by atoms with E-state index in [1.807, 2.05) is 24.1 Å². The lowest BCUT2D eigenvalue weighted by Gasteiger charge is -2.36. The Morgan fingerprint density at radius 2 is 1.69 bits per heavy atom. The molecular weight excluding hydrogens is 391 g/mol. The maximum absolute atomic E-state index is 13.5. The molecule has 152 valence electrons. The number of benzene rings is 1. The summed E-state index contributed by atoms with van der Waals surface area (Å²) >= 11 is -1.82. The van der Waals surface area contributed by atoms with Gasteiger partial charge in [0.15, 0.2) is 11.1 Å². The van der Waals surface area contributed by atoms with E-state index in [1.54, 1.807) is 24.5 Å². The first-order valence-corrected chi connectivity index (χ1v) is 10.7. The van der Waals surface area contributed by atoms with E-state index in [0.29, 0.717) is 0 Å². The highest BCUT2D eigenvalue weighted by molar-refractivity contribution is 7.79. The molecule has 0 saturated carbocycles. The van der Waals surface area contributed by atoms with Crippen LogP contribution in [0.4, 0.5) is 10.2 Å². The van der Waals surface area contributed by atoms with Crippen LogP contribution in [-0.4, -0.2) is 55.3 Å². The molecule has 1 aliphatic rings. The maximum atomic E-state index is 13.5. The molecule has 1 atom stereocenters. The van der Waals surface area contributed by atoms with Crippen molar-refractivity contribution in [3.8, 4) is 22.3 Å². The third-order valence-electron chi connectivity index (χ3n) is 5.24. The summed E-state index contributed by atoms with van der Waals surface area (Å²) in [5.41, 5.74) is 4.12. The first-order valence-electron chi connectivity index (χ1n) is 9.43. The molecule has 1 fully saturated rings. The van der Waals surface area contributed by atoms with E-state index in [9.17, 15) is 8.60 Å². The monoisotopic (exact) mass is 414 g/mol. The molecule has 1 aliphatic heterocycles. The zero-order chi connectivity index (χ0) is 20.4. The minimum absolute atomic E-state index is 0.180. The second-order valence-corrected chi connectivity index (χ2v) is 8.05. The zero-order valence-electron chi connectivity index (χ0n) is 16.2. The van der Waals surface area contributed by atoms with Crippen molar-refractivity contribution < 1.29 is 13.2 Å². The minimum Gasteiger partial charge on any atom is -0.355 e. The first-order chi connectivity index (χ1) is 14.0. The second-order valence-electron chi connectivity index (χ2n) is 7.15. The summed E-state index contributed by atoms with van der Waals surface area (Å²) in [4.78, 5) is 8.45. The lowest BCUT2D eigenvalue weighted by atomic mass is 9.98. The van der Waals surface area contributed by atoms with Crippen molar-refractivity contribution >= 4 is 16.9 Å². The Hall–Kier alpha value is -2.55. The molecule has 8 heteroatoms. The summed E-state index contributed by atoms with van der Waals surface area (Å²) in [7, 11) is 2.02. The highest BCUT2D eigenvalue weighted by Gasteiger charge is 2.25. The topological polar surface area (TPSA) is 61.6 Å². The molecular formula is C21H23FN4O2S. The van der Waals surface area contributed by atoms with Crippen molar-refractivity contribution in [3.63, 3.8) is 0 Å². The summed E-state index contributed by atoms with van der Waals surface area (Å²) in [6.45, 7) is 2.96. The molecule has 3 aromatic rings. The molecule has 0 bridgehead atoms. The Labute approximate surface area is 171 Å². The number of hydrogen-bond acceptors (Lipinski definition) is 4. The lowest BCUT2D eigenvalue weighted by molar-refractivity contribution is 0.291. The average Bonchev–Trinajstić information content (AvgIpc) is 3.06. The SMILES string of the molecule is Cn1cc(-c2ccc(F)cc2)c(-c2ccncc2)c1N1CCN(CS(=O)O)CC1. The fourth-order valence-corrected chi connectivity index (χ4v) is 4.46. The average molecular weight is 415 g/mol. The van der Waals surface area contributed by atoms with Gasteiger partial charge in [-0.3, -0.25) is 9.88 Å². The van der Waals surface area contributed by atoms with Crippen LogP contribution in [0.2, 0.25) is 0 Å². The van der Waals surface area contributed by atoms with E-state index < -0.39 is 11.1 Å². The Morgan fingerprint density at radius 3 is 2.31 bits per heavy atom. The Kier molecular flexibility index (Phi) is 5.75. The van der Waals surface area contributed by atoms with Gasteiger partial charge in [-0.15, -0.1) is 0 Å². The quantitative estimate of drug-likeness (QED) is 0.650. The van der Waals surface area contributed by atoms with Crippen molar-refractivity contribution in [2.24, 2.45) is 7.05 Å². The number of halogens is 1. The third-order valence-corrected chi connectivity index (χ3v) is 5.82.